The lowest BCUT2D eigenvalue weighted by Gasteiger charge is -2.24. The first-order valence-electron chi connectivity index (χ1n) is 5.96. The predicted molar refractivity (Wildman–Crippen MR) is 69.5 cm³/mol. The van der Waals surface area contributed by atoms with E-state index in [2.05, 4.69) is 28.7 Å². The van der Waals surface area contributed by atoms with Crippen molar-refractivity contribution in [2.24, 2.45) is 0 Å². The van der Waals surface area contributed by atoms with Crippen LogP contribution in [0.25, 0.3) is 0 Å². The Bertz CT molecular complexity index is 370. The second-order valence-corrected chi connectivity index (χ2v) is 5.07. The molecule has 16 heavy (non-hydrogen) atoms. The lowest BCUT2D eigenvalue weighted by atomic mass is 9.90. The highest BCUT2D eigenvalue weighted by Gasteiger charge is 2.21. The summed E-state index contributed by atoms with van der Waals surface area (Å²) in [7, 11) is 0. The van der Waals surface area contributed by atoms with E-state index in [1.165, 1.54) is 36.3 Å². The molecule has 0 bridgehead atoms. The Morgan fingerprint density at radius 1 is 1.62 bits per heavy atom. The van der Waals surface area contributed by atoms with Gasteiger partial charge in [0.25, 0.3) is 0 Å². The number of anilines is 1. The Kier molecular flexibility index (Phi) is 3.83. The zero-order valence-corrected chi connectivity index (χ0v) is 10.5. The van der Waals surface area contributed by atoms with Crippen molar-refractivity contribution < 1.29 is 0 Å². The minimum Gasteiger partial charge on any atom is -0.388 e. The fourth-order valence-corrected chi connectivity index (χ4v) is 2.73. The SMILES string of the molecule is CCCNC1=CCCCC1c1csc(N)n1. The molecule has 1 aliphatic carbocycles. The standard InChI is InChI=1S/C12H19N3S/c1-2-7-14-10-6-4-3-5-9(10)11-8-16-12(13)15-11/h6,8-9,14H,2-5,7H2,1H3,(H2,13,15). The van der Waals surface area contributed by atoms with Gasteiger partial charge in [0.2, 0.25) is 0 Å². The van der Waals surface area contributed by atoms with Crippen LogP contribution in [0.15, 0.2) is 17.2 Å². The second kappa shape index (κ2) is 5.34. The quantitative estimate of drug-likeness (QED) is 0.846. The highest BCUT2D eigenvalue weighted by Crippen LogP contribution is 2.33. The molecule has 1 aromatic heterocycles. The van der Waals surface area contributed by atoms with E-state index in [1.807, 2.05) is 0 Å². The van der Waals surface area contributed by atoms with Crippen LogP contribution < -0.4 is 11.1 Å². The summed E-state index contributed by atoms with van der Waals surface area (Å²) in [5.41, 5.74) is 8.18. The van der Waals surface area contributed by atoms with E-state index in [0.29, 0.717) is 11.0 Å². The molecule has 4 heteroatoms. The third-order valence-electron chi connectivity index (χ3n) is 2.91. The first-order chi connectivity index (χ1) is 7.81. The first kappa shape index (κ1) is 11.5. The van der Waals surface area contributed by atoms with Crippen LogP contribution >= 0.6 is 11.3 Å². The Labute approximate surface area is 101 Å². The van der Waals surface area contributed by atoms with Gasteiger partial charge in [-0.05, 0) is 25.7 Å². The van der Waals surface area contributed by atoms with Crippen LogP contribution in [-0.4, -0.2) is 11.5 Å². The molecule has 1 atom stereocenters. The molecule has 0 amide bonds. The fraction of sp³-hybridized carbons (Fsp3) is 0.583. The largest absolute Gasteiger partial charge is 0.388 e. The van der Waals surface area contributed by atoms with Gasteiger partial charge in [0, 0.05) is 23.5 Å². The lowest BCUT2D eigenvalue weighted by Crippen LogP contribution is -2.22. The number of nitrogens with two attached hydrogens (primary N) is 1. The Morgan fingerprint density at radius 3 is 3.19 bits per heavy atom. The molecule has 88 valence electrons. The van der Waals surface area contributed by atoms with E-state index >= 15 is 0 Å². The number of nitrogens with zero attached hydrogens (tertiary/aromatic N) is 1. The number of aromatic nitrogens is 1. The molecule has 1 aromatic rings. The highest BCUT2D eigenvalue weighted by atomic mass is 32.1. The number of rotatable bonds is 4. The van der Waals surface area contributed by atoms with Gasteiger partial charge in [-0.3, -0.25) is 0 Å². The summed E-state index contributed by atoms with van der Waals surface area (Å²) in [4.78, 5) is 4.41. The molecule has 2 rings (SSSR count). The molecule has 1 aliphatic rings. The van der Waals surface area contributed by atoms with Crippen LogP contribution in [-0.2, 0) is 0 Å². The Balaban J connectivity index is 2.12. The minimum atomic E-state index is 0.439. The molecule has 0 saturated carbocycles. The van der Waals surface area contributed by atoms with Crippen molar-refractivity contribution in [2.45, 2.75) is 38.5 Å². The van der Waals surface area contributed by atoms with Crippen LogP contribution in [0.1, 0.15) is 44.2 Å². The summed E-state index contributed by atoms with van der Waals surface area (Å²) in [6, 6.07) is 0. The van der Waals surface area contributed by atoms with Gasteiger partial charge in [0.05, 0.1) is 5.69 Å². The Hall–Kier alpha value is -1.03. The molecule has 1 unspecified atom stereocenters. The number of hydrogen-bond donors (Lipinski definition) is 2. The Morgan fingerprint density at radius 2 is 2.50 bits per heavy atom. The number of nitrogens with one attached hydrogen (secondary N) is 1. The van der Waals surface area contributed by atoms with Crippen LogP contribution in [0.4, 0.5) is 5.13 Å². The maximum atomic E-state index is 5.70. The number of hydrogen-bond acceptors (Lipinski definition) is 4. The van der Waals surface area contributed by atoms with Gasteiger partial charge in [-0.15, -0.1) is 11.3 Å². The van der Waals surface area contributed by atoms with Gasteiger partial charge in [-0.1, -0.05) is 13.0 Å². The van der Waals surface area contributed by atoms with Crippen molar-refractivity contribution in [1.29, 1.82) is 0 Å². The number of thiazole rings is 1. The smallest absolute Gasteiger partial charge is 0.180 e. The van der Waals surface area contributed by atoms with Crippen LogP contribution in [0.2, 0.25) is 0 Å². The van der Waals surface area contributed by atoms with Gasteiger partial charge < -0.3 is 11.1 Å². The maximum Gasteiger partial charge on any atom is 0.180 e. The van der Waals surface area contributed by atoms with E-state index < -0.39 is 0 Å². The molecular weight excluding hydrogens is 218 g/mol. The van der Waals surface area contributed by atoms with E-state index in [-0.39, 0.29) is 0 Å². The third-order valence-corrected chi connectivity index (χ3v) is 3.60. The molecule has 0 spiro atoms. The summed E-state index contributed by atoms with van der Waals surface area (Å²) in [5.74, 6) is 0.439. The average Bonchev–Trinajstić information content (AvgIpc) is 2.73. The molecular formula is C12H19N3S. The van der Waals surface area contributed by atoms with Crippen LogP contribution in [0, 0.1) is 0 Å². The number of allylic oxidation sites excluding steroid dienone is 2. The van der Waals surface area contributed by atoms with Gasteiger partial charge in [-0.2, -0.15) is 0 Å². The lowest BCUT2D eigenvalue weighted by molar-refractivity contribution is 0.563. The van der Waals surface area contributed by atoms with E-state index in [1.54, 1.807) is 0 Å². The molecule has 0 fully saturated rings. The topological polar surface area (TPSA) is 50.9 Å². The average molecular weight is 237 g/mol. The molecule has 0 aliphatic heterocycles. The molecule has 3 nitrogen and oxygen atoms in total. The summed E-state index contributed by atoms with van der Waals surface area (Å²) >= 11 is 1.54. The molecule has 0 aromatic carbocycles. The fourth-order valence-electron chi connectivity index (χ4n) is 2.11. The summed E-state index contributed by atoms with van der Waals surface area (Å²) in [5, 5.41) is 6.28. The maximum absolute atomic E-state index is 5.70. The van der Waals surface area contributed by atoms with Crippen molar-refractivity contribution in [3.63, 3.8) is 0 Å². The third kappa shape index (κ3) is 2.55. The minimum absolute atomic E-state index is 0.439. The predicted octanol–water partition coefficient (Wildman–Crippen LogP) is 2.88. The highest BCUT2D eigenvalue weighted by molar-refractivity contribution is 7.13. The molecule has 3 N–H and O–H groups in total. The zero-order valence-electron chi connectivity index (χ0n) is 9.70. The van der Waals surface area contributed by atoms with Crippen LogP contribution in [0.3, 0.4) is 0 Å². The first-order valence-corrected chi connectivity index (χ1v) is 6.84. The van der Waals surface area contributed by atoms with Crippen molar-refractivity contribution in [2.75, 3.05) is 12.3 Å². The van der Waals surface area contributed by atoms with E-state index in [9.17, 15) is 0 Å². The van der Waals surface area contributed by atoms with Gasteiger partial charge in [-0.25, -0.2) is 4.98 Å². The molecule has 0 radical (unpaired) electrons. The summed E-state index contributed by atoms with van der Waals surface area (Å²) in [6.07, 6.45) is 7.09. The van der Waals surface area contributed by atoms with Crippen molar-refractivity contribution in [3.8, 4) is 0 Å². The van der Waals surface area contributed by atoms with Crippen molar-refractivity contribution in [1.82, 2.24) is 10.3 Å². The van der Waals surface area contributed by atoms with Gasteiger partial charge in [0.15, 0.2) is 5.13 Å². The summed E-state index contributed by atoms with van der Waals surface area (Å²) < 4.78 is 0. The zero-order chi connectivity index (χ0) is 11.4. The molecule has 1 heterocycles. The van der Waals surface area contributed by atoms with Crippen molar-refractivity contribution in [3.05, 3.63) is 22.8 Å². The van der Waals surface area contributed by atoms with Gasteiger partial charge >= 0.3 is 0 Å². The molecule has 0 saturated heterocycles. The second-order valence-electron chi connectivity index (χ2n) is 4.18. The van der Waals surface area contributed by atoms with Crippen molar-refractivity contribution >= 4 is 16.5 Å². The van der Waals surface area contributed by atoms with E-state index in [4.69, 9.17) is 5.73 Å². The normalized spacial score (nSPS) is 20.6. The van der Waals surface area contributed by atoms with E-state index in [0.717, 1.165) is 18.7 Å². The number of nitrogen functional groups attached to an aromatic ring is 1. The summed E-state index contributed by atoms with van der Waals surface area (Å²) in [6.45, 7) is 3.23. The van der Waals surface area contributed by atoms with Gasteiger partial charge in [0.1, 0.15) is 0 Å². The van der Waals surface area contributed by atoms with Crippen LogP contribution in [0.5, 0.6) is 0 Å². The monoisotopic (exact) mass is 237 g/mol.